The third-order valence-electron chi connectivity index (χ3n) is 2.69. The lowest BCUT2D eigenvalue weighted by Crippen LogP contribution is -2.28. The number of halogens is 1. The SMILES string of the molecule is CC(C)CNC(=O)CCNc1nc2cc(F)ccc2s1. The fraction of sp³-hybridized carbons (Fsp3) is 0.429. The summed E-state index contributed by atoms with van der Waals surface area (Å²) in [6.07, 6.45) is 0.400. The van der Waals surface area contributed by atoms with Crippen LogP contribution in [0.25, 0.3) is 10.2 Å². The van der Waals surface area contributed by atoms with Crippen LogP contribution in [-0.4, -0.2) is 24.0 Å². The summed E-state index contributed by atoms with van der Waals surface area (Å²) in [5.41, 5.74) is 0.641. The van der Waals surface area contributed by atoms with Crippen LogP contribution in [-0.2, 0) is 4.79 Å². The van der Waals surface area contributed by atoms with E-state index in [0.717, 1.165) is 4.70 Å². The zero-order valence-corrected chi connectivity index (χ0v) is 12.4. The zero-order valence-electron chi connectivity index (χ0n) is 11.6. The van der Waals surface area contributed by atoms with Gasteiger partial charge in [-0.2, -0.15) is 0 Å². The van der Waals surface area contributed by atoms with Crippen molar-refractivity contribution in [1.29, 1.82) is 0 Å². The average Bonchev–Trinajstić information content (AvgIpc) is 2.78. The second-order valence-corrected chi connectivity index (χ2v) is 6.04. The third-order valence-corrected chi connectivity index (χ3v) is 3.68. The third kappa shape index (κ3) is 4.16. The molecule has 0 atom stereocenters. The Morgan fingerprint density at radius 1 is 1.45 bits per heavy atom. The molecule has 1 aromatic heterocycles. The van der Waals surface area contributed by atoms with Crippen LogP contribution >= 0.6 is 11.3 Å². The Balaban J connectivity index is 1.82. The monoisotopic (exact) mass is 295 g/mol. The summed E-state index contributed by atoms with van der Waals surface area (Å²) < 4.78 is 14.0. The van der Waals surface area contributed by atoms with Gasteiger partial charge in [-0.15, -0.1) is 0 Å². The van der Waals surface area contributed by atoms with E-state index in [1.165, 1.54) is 23.5 Å². The Bertz CT molecular complexity index is 597. The molecule has 1 amide bonds. The number of thiazole rings is 1. The second kappa shape index (κ2) is 6.65. The van der Waals surface area contributed by atoms with Crippen molar-refractivity contribution in [2.45, 2.75) is 20.3 Å². The normalized spacial score (nSPS) is 11.0. The van der Waals surface area contributed by atoms with Crippen molar-refractivity contribution in [2.24, 2.45) is 5.92 Å². The van der Waals surface area contributed by atoms with E-state index in [4.69, 9.17) is 0 Å². The molecule has 2 N–H and O–H groups in total. The van der Waals surface area contributed by atoms with Crippen LogP contribution in [0, 0.1) is 11.7 Å². The molecule has 0 fully saturated rings. The number of nitrogens with zero attached hydrogens (tertiary/aromatic N) is 1. The van der Waals surface area contributed by atoms with Crippen molar-refractivity contribution in [3.63, 3.8) is 0 Å². The predicted molar refractivity (Wildman–Crippen MR) is 80.5 cm³/mol. The van der Waals surface area contributed by atoms with Crippen molar-refractivity contribution >= 4 is 32.6 Å². The number of fused-ring (bicyclic) bond motifs is 1. The van der Waals surface area contributed by atoms with E-state index < -0.39 is 0 Å². The number of benzene rings is 1. The van der Waals surface area contributed by atoms with E-state index in [9.17, 15) is 9.18 Å². The summed E-state index contributed by atoms with van der Waals surface area (Å²) in [5, 5.41) is 6.66. The van der Waals surface area contributed by atoms with Gasteiger partial charge in [-0.05, 0) is 18.1 Å². The predicted octanol–water partition coefficient (Wildman–Crippen LogP) is 3.01. The van der Waals surface area contributed by atoms with Gasteiger partial charge in [0.05, 0.1) is 10.2 Å². The molecule has 0 aliphatic heterocycles. The van der Waals surface area contributed by atoms with Crippen molar-refractivity contribution < 1.29 is 9.18 Å². The van der Waals surface area contributed by atoms with Gasteiger partial charge in [-0.3, -0.25) is 4.79 Å². The Hall–Kier alpha value is -1.69. The molecule has 0 saturated heterocycles. The van der Waals surface area contributed by atoms with Crippen LogP contribution in [0.3, 0.4) is 0 Å². The maximum absolute atomic E-state index is 13.0. The highest BCUT2D eigenvalue weighted by atomic mass is 32.1. The minimum Gasteiger partial charge on any atom is -0.361 e. The Kier molecular flexibility index (Phi) is 4.89. The molecule has 20 heavy (non-hydrogen) atoms. The molecule has 0 radical (unpaired) electrons. The molecule has 6 heteroatoms. The number of carbonyl (C=O) groups is 1. The fourth-order valence-electron chi connectivity index (χ4n) is 1.67. The zero-order chi connectivity index (χ0) is 14.5. The Labute approximate surface area is 121 Å². The van der Waals surface area contributed by atoms with E-state index >= 15 is 0 Å². The maximum atomic E-state index is 13.0. The molecule has 2 rings (SSSR count). The van der Waals surface area contributed by atoms with Crippen molar-refractivity contribution in [3.05, 3.63) is 24.0 Å². The number of nitrogens with one attached hydrogen (secondary N) is 2. The van der Waals surface area contributed by atoms with Crippen LogP contribution in [0.5, 0.6) is 0 Å². The van der Waals surface area contributed by atoms with Crippen molar-refractivity contribution in [3.8, 4) is 0 Å². The minimum atomic E-state index is -0.289. The molecule has 0 saturated carbocycles. The highest BCUT2D eigenvalue weighted by molar-refractivity contribution is 7.22. The lowest BCUT2D eigenvalue weighted by molar-refractivity contribution is -0.120. The van der Waals surface area contributed by atoms with Gasteiger partial charge in [0.2, 0.25) is 5.91 Å². The van der Waals surface area contributed by atoms with Gasteiger partial charge in [0, 0.05) is 25.6 Å². The van der Waals surface area contributed by atoms with Gasteiger partial charge in [-0.25, -0.2) is 9.37 Å². The number of anilines is 1. The summed E-state index contributed by atoms with van der Waals surface area (Å²) in [4.78, 5) is 15.8. The Morgan fingerprint density at radius 2 is 2.25 bits per heavy atom. The quantitative estimate of drug-likeness (QED) is 0.861. The largest absolute Gasteiger partial charge is 0.361 e. The van der Waals surface area contributed by atoms with Crippen molar-refractivity contribution in [2.75, 3.05) is 18.4 Å². The molecular formula is C14H18FN3OS. The highest BCUT2D eigenvalue weighted by Crippen LogP contribution is 2.26. The summed E-state index contributed by atoms with van der Waals surface area (Å²) in [5.74, 6) is 0.187. The molecule has 1 aromatic carbocycles. The molecule has 108 valence electrons. The van der Waals surface area contributed by atoms with Gasteiger partial charge < -0.3 is 10.6 Å². The van der Waals surface area contributed by atoms with Gasteiger partial charge >= 0.3 is 0 Å². The van der Waals surface area contributed by atoms with E-state index in [1.54, 1.807) is 6.07 Å². The first-order valence-corrected chi connectivity index (χ1v) is 7.43. The van der Waals surface area contributed by atoms with E-state index in [0.29, 0.717) is 36.1 Å². The van der Waals surface area contributed by atoms with Crippen LogP contribution in [0.4, 0.5) is 9.52 Å². The minimum absolute atomic E-state index is 0.0263. The van der Waals surface area contributed by atoms with Crippen LogP contribution in [0.2, 0.25) is 0 Å². The first-order chi connectivity index (χ1) is 9.54. The number of amides is 1. The summed E-state index contributed by atoms with van der Waals surface area (Å²) in [7, 11) is 0. The standard InChI is InChI=1S/C14H18FN3OS/c1-9(2)8-17-13(19)5-6-16-14-18-11-7-10(15)3-4-12(11)20-14/h3-4,7,9H,5-6,8H2,1-2H3,(H,16,18)(H,17,19). The van der Waals surface area contributed by atoms with Crippen LogP contribution < -0.4 is 10.6 Å². The summed E-state index contributed by atoms with van der Waals surface area (Å²) in [6, 6.07) is 4.54. The number of hydrogen-bond donors (Lipinski definition) is 2. The summed E-state index contributed by atoms with van der Waals surface area (Å²) >= 11 is 1.46. The molecule has 1 heterocycles. The topological polar surface area (TPSA) is 54.0 Å². The number of aromatic nitrogens is 1. The van der Waals surface area contributed by atoms with Crippen molar-refractivity contribution in [1.82, 2.24) is 10.3 Å². The molecule has 0 aliphatic rings. The Morgan fingerprint density at radius 3 is 3.00 bits per heavy atom. The van der Waals surface area contributed by atoms with Gasteiger partial charge in [0.15, 0.2) is 5.13 Å². The summed E-state index contributed by atoms with van der Waals surface area (Å²) in [6.45, 7) is 5.32. The smallest absolute Gasteiger partial charge is 0.221 e. The molecule has 4 nitrogen and oxygen atoms in total. The molecule has 2 aromatic rings. The molecule has 0 bridgehead atoms. The fourth-order valence-corrected chi connectivity index (χ4v) is 2.54. The molecular weight excluding hydrogens is 277 g/mol. The number of hydrogen-bond acceptors (Lipinski definition) is 4. The number of carbonyl (C=O) groups excluding carboxylic acids is 1. The van der Waals surface area contributed by atoms with Gasteiger partial charge in [0.1, 0.15) is 5.82 Å². The first kappa shape index (κ1) is 14.7. The van der Waals surface area contributed by atoms with Crippen LogP contribution in [0.15, 0.2) is 18.2 Å². The van der Waals surface area contributed by atoms with E-state index in [-0.39, 0.29) is 11.7 Å². The van der Waals surface area contributed by atoms with Gasteiger partial charge in [0.25, 0.3) is 0 Å². The number of rotatable bonds is 6. The average molecular weight is 295 g/mol. The first-order valence-electron chi connectivity index (χ1n) is 6.61. The molecule has 0 aliphatic carbocycles. The van der Waals surface area contributed by atoms with Gasteiger partial charge in [-0.1, -0.05) is 25.2 Å². The second-order valence-electron chi connectivity index (χ2n) is 5.01. The maximum Gasteiger partial charge on any atom is 0.221 e. The highest BCUT2D eigenvalue weighted by Gasteiger charge is 2.06. The lowest BCUT2D eigenvalue weighted by Gasteiger charge is -2.07. The lowest BCUT2D eigenvalue weighted by atomic mass is 10.2. The molecule has 0 spiro atoms. The van der Waals surface area contributed by atoms with E-state index in [1.807, 2.05) is 0 Å². The molecule has 0 unspecified atom stereocenters. The van der Waals surface area contributed by atoms with E-state index in [2.05, 4.69) is 29.5 Å². The van der Waals surface area contributed by atoms with Crippen LogP contribution in [0.1, 0.15) is 20.3 Å².